The van der Waals surface area contributed by atoms with Crippen LogP contribution >= 0.6 is 0 Å². The van der Waals surface area contributed by atoms with Crippen LogP contribution in [0.15, 0.2) is 33.5 Å². The molecule has 0 N–H and O–H groups in total. The van der Waals surface area contributed by atoms with Gasteiger partial charge in [0.05, 0.1) is 5.56 Å². The van der Waals surface area contributed by atoms with Crippen LogP contribution in [0.1, 0.15) is 52.7 Å². The van der Waals surface area contributed by atoms with Crippen molar-refractivity contribution in [2.24, 2.45) is 5.92 Å². The van der Waals surface area contributed by atoms with Crippen molar-refractivity contribution >= 4 is 22.9 Å². The molecule has 1 aromatic heterocycles. The van der Waals surface area contributed by atoms with E-state index in [4.69, 9.17) is 18.6 Å². The molecular formula is C21H24O7. The number of hydrogen-bond donors (Lipinski definition) is 0. The fraction of sp³-hybridized carbons (Fsp3) is 0.476. The van der Waals surface area contributed by atoms with E-state index in [1.807, 2.05) is 13.8 Å². The van der Waals surface area contributed by atoms with Crippen molar-refractivity contribution in [2.45, 2.75) is 58.8 Å². The van der Waals surface area contributed by atoms with Gasteiger partial charge in [0.1, 0.15) is 16.9 Å². The van der Waals surface area contributed by atoms with E-state index in [1.165, 1.54) is 13.0 Å². The Balaban J connectivity index is 2.20. The van der Waals surface area contributed by atoms with Gasteiger partial charge in [-0.1, -0.05) is 13.8 Å². The maximum absolute atomic E-state index is 12.5. The average Bonchev–Trinajstić information content (AvgIpc) is 2.56. The smallest absolute Gasteiger partial charge is 0.336 e. The van der Waals surface area contributed by atoms with Crippen LogP contribution < -0.4 is 10.4 Å². The van der Waals surface area contributed by atoms with Crippen LogP contribution in [0.3, 0.4) is 0 Å². The molecule has 0 aliphatic carbocycles. The van der Waals surface area contributed by atoms with E-state index in [0.29, 0.717) is 16.7 Å². The molecule has 0 saturated heterocycles. The zero-order valence-corrected chi connectivity index (χ0v) is 16.6. The molecule has 2 atom stereocenters. The van der Waals surface area contributed by atoms with Gasteiger partial charge < -0.3 is 18.6 Å². The van der Waals surface area contributed by atoms with Crippen LogP contribution in [0, 0.1) is 5.92 Å². The van der Waals surface area contributed by atoms with Crippen molar-refractivity contribution in [1.29, 1.82) is 0 Å². The monoisotopic (exact) mass is 388 g/mol. The predicted molar refractivity (Wildman–Crippen MR) is 101 cm³/mol. The lowest BCUT2D eigenvalue weighted by Gasteiger charge is -2.43. The van der Waals surface area contributed by atoms with Gasteiger partial charge in [-0.3, -0.25) is 9.59 Å². The molecule has 7 heteroatoms. The second-order valence-corrected chi connectivity index (χ2v) is 7.89. The van der Waals surface area contributed by atoms with E-state index in [-0.39, 0.29) is 17.9 Å². The number of carbonyl (C=O) groups is 2. The zero-order chi connectivity index (χ0) is 20.6. The van der Waals surface area contributed by atoms with Crippen molar-refractivity contribution in [3.05, 3.63) is 40.2 Å². The van der Waals surface area contributed by atoms with E-state index in [1.54, 1.807) is 32.0 Å². The van der Waals surface area contributed by atoms with Gasteiger partial charge in [-0.25, -0.2) is 4.79 Å². The van der Waals surface area contributed by atoms with E-state index in [2.05, 4.69) is 0 Å². The van der Waals surface area contributed by atoms with Crippen molar-refractivity contribution in [3.63, 3.8) is 0 Å². The number of rotatable bonds is 4. The number of carbonyl (C=O) groups excluding carboxylic acids is 2. The van der Waals surface area contributed by atoms with Crippen LogP contribution in [0.25, 0.3) is 11.0 Å². The lowest BCUT2D eigenvalue weighted by atomic mass is 9.87. The molecule has 0 amide bonds. The molecule has 150 valence electrons. The lowest BCUT2D eigenvalue weighted by molar-refractivity contribution is -0.189. The Kier molecular flexibility index (Phi) is 5.19. The van der Waals surface area contributed by atoms with Gasteiger partial charge in [0, 0.05) is 24.8 Å². The topological polar surface area (TPSA) is 92.0 Å². The normalized spacial score (nSPS) is 20.4. The summed E-state index contributed by atoms with van der Waals surface area (Å²) in [7, 11) is 0. The fourth-order valence-electron chi connectivity index (χ4n) is 3.38. The van der Waals surface area contributed by atoms with Crippen molar-refractivity contribution in [2.75, 3.05) is 0 Å². The third-order valence-corrected chi connectivity index (χ3v) is 4.53. The standard InChI is InChI=1S/C21H24O7/c1-11(2)10-16(24)27-19-17-14(28-21(4,5)20(19)25-12(3)22)8-6-13-7-9-15(23)26-18(13)17/h6-9,11,19-20H,10H2,1-5H3/t19-,20+/m0/s1. The van der Waals surface area contributed by atoms with E-state index < -0.39 is 35.4 Å². The Morgan fingerprint density at radius 3 is 2.46 bits per heavy atom. The Morgan fingerprint density at radius 1 is 1.14 bits per heavy atom. The van der Waals surface area contributed by atoms with Gasteiger partial charge in [0.15, 0.2) is 12.2 Å². The van der Waals surface area contributed by atoms with Gasteiger partial charge in [-0.15, -0.1) is 0 Å². The highest BCUT2D eigenvalue weighted by molar-refractivity contribution is 5.83. The first-order valence-corrected chi connectivity index (χ1v) is 9.21. The summed E-state index contributed by atoms with van der Waals surface area (Å²) >= 11 is 0. The first-order valence-electron chi connectivity index (χ1n) is 9.21. The number of ether oxygens (including phenoxy) is 3. The molecule has 1 aliphatic heterocycles. The number of benzene rings is 1. The Labute approximate surface area is 162 Å². The molecule has 28 heavy (non-hydrogen) atoms. The van der Waals surface area contributed by atoms with Crippen molar-refractivity contribution in [1.82, 2.24) is 0 Å². The Morgan fingerprint density at radius 2 is 1.82 bits per heavy atom. The molecule has 2 heterocycles. The maximum Gasteiger partial charge on any atom is 0.336 e. The minimum absolute atomic E-state index is 0.0949. The Bertz CT molecular complexity index is 970. The third kappa shape index (κ3) is 3.88. The van der Waals surface area contributed by atoms with Crippen LogP contribution in [0.4, 0.5) is 0 Å². The highest BCUT2D eigenvalue weighted by Gasteiger charge is 2.49. The van der Waals surface area contributed by atoms with Crippen LogP contribution in [0.2, 0.25) is 0 Å². The average molecular weight is 388 g/mol. The molecular weight excluding hydrogens is 364 g/mol. The van der Waals surface area contributed by atoms with Crippen LogP contribution in [-0.4, -0.2) is 23.6 Å². The zero-order valence-electron chi connectivity index (χ0n) is 16.6. The summed E-state index contributed by atoms with van der Waals surface area (Å²) in [6, 6.07) is 6.42. The number of esters is 2. The van der Waals surface area contributed by atoms with Gasteiger partial charge >= 0.3 is 17.6 Å². The predicted octanol–water partition coefficient (Wildman–Crippen LogP) is 3.53. The largest absolute Gasteiger partial charge is 0.483 e. The second-order valence-electron chi connectivity index (χ2n) is 7.89. The van der Waals surface area contributed by atoms with Crippen LogP contribution in [-0.2, 0) is 19.1 Å². The second kappa shape index (κ2) is 7.30. The van der Waals surface area contributed by atoms with Gasteiger partial charge in [-0.2, -0.15) is 0 Å². The quantitative estimate of drug-likeness (QED) is 0.584. The Hall–Kier alpha value is -2.83. The summed E-state index contributed by atoms with van der Waals surface area (Å²) < 4.78 is 22.7. The molecule has 3 rings (SSSR count). The van der Waals surface area contributed by atoms with Gasteiger partial charge in [0.2, 0.25) is 0 Å². The minimum atomic E-state index is -0.969. The van der Waals surface area contributed by atoms with Gasteiger partial charge in [0.25, 0.3) is 0 Å². The maximum atomic E-state index is 12.5. The summed E-state index contributed by atoms with van der Waals surface area (Å²) in [6.45, 7) is 8.58. The summed E-state index contributed by atoms with van der Waals surface area (Å²) in [5, 5.41) is 0.646. The summed E-state index contributed by atoms with van der Waals surface area (Å²) in [4.78, 5) is 36.1. The third-order valence-electron chi connectivity index (χ3n) is 4.53. The fourth-order valence-corrected chi connectivity index (χ4v) is 3.38. The molecule has 2 aromatic rings. The summed E-state index contributed by atoms with van der Waals surface area (Å²) in [5.41, 5.74) is -0.871. The first kappa shape index (κ1) is 19.9. The highest BCUT2D eigenvalue weighted by atomic mass is 16.6. The first-order chi connectivity index (χ1) is 13.1. The lowest BCUT2D eigenvalue weighted by Crippen LogP contribution is -2.52. The molecule has 0 bridgehead atoms. The van der Waals surface area contributed by atoms with E-state index in [0.717, 1.165) is 0 Å². The molecule has 1 aliphatic rings. The van der Waals surface area contributed by atoms with E-state index >= 15 is 0 Å². The number of fused-ring (bicyclic) bond motifs is 3. The molecule has 0 saturated carbocycles. The molecule has 0 fully saturated rings. The number of hydrogen-bond acceptors (Lipinski definition) is 7. The van der Waals surface area contributed by atoms with E-state index in [9.17, 15) is 14.4 Å². The SMILES string of the molecule is CC(=O)O[C@@H]1[C@@H](OC(=O)CC(C)C)c2c(ccc3ccc(=O)oc23)OC1(C)C. The molecule has 7 nitrogen and oxygen atoms in total. The van der Waals surface area contributed by atoms with Gasteiger partial charge in [-0.05, 0) is 38.0 Å². The van der Waals surface area contributed by atoms with Crippen molar-refractivity contribution in [3.8, 4) is 5.75 Å². The molecule has 0 radical (unpaired) electrons. The molecule has 0 unspecified atom stereocenters. The minimum Gasteiger partial charge on any atom is -0.483 e. The van der Waals surface area contributed by atoms with Crippen molar-refractivity contribution < 1.29 is 28.2 Å². The summed E-state index contributed by atoms with van der Waals surface area (Å²) in [6.07, 6.45) is -1.68. The molecule has 0 spiro atoms. The summed E-state index contributed by atoms with van der Waals surface area (Å²) in [5.74, 6) is -0.456. The van der Waals surface area contributed by atoms with Crippen LogP contribution in [0.5, 0.6) is 5.75 Å². The highest BCUT2D eigenvalue weighted by Crippen LogP contribution is 2.46. The molecule has 1 aromatic carbocycles.